The van der Waals surface area contributed by atoms with Crippen molar-refractivity contribution in [1.82, 2.24) is 15.1 Å². The van der Waals surface area contributed by atoms with Gasteiger partial charge in [0.2, 0.25) is 0 Å². The van der Waals surface area contributed by atoms with E-state index in [1.807, 2.05) is 24.6 Å². The van der Waals surface area contributed by atoms with Gasteiger partial charge in [-0.05, 0) is 11.4 Å². The fraction of sp³-hybridized carbons (Fsp3) is 0.385. The number of carbonyl (C=O) groups is 1. The molecule has 0 aliphatic carbocycles. The van der Waals surface area contributed by atoms with E-state index in [-0.39, 0.29) is 5.91 Å². The highest BCUT2D eigenvalue weighted by atomic mass is 32.1. The molecule has 0 unspecified atom stereocenters. The summed E-state index contributed by atoms with van der Waals surface area (Å²) in [7, 11) is 1.88. The number of nitrogens with zero attached hydrogens (tertiary/aromatic N) is 2. The largest absolute Gasteiger partial charge is 0.376 e. The van der Waals surface area contributed by atoms with Gasteiger partial charge in [0.15, 0.2) is 5.69 Å². The Balaban J connectivity index is 1.76. The van der Waals surface area contributed by atoms with Crippen LogP contribution in [0.25, 0.3) is 0 Å². The van der Waals surface area contributed by atoms with Crippen LogP contribution in [0.5, 0.6) is 0 Å². The molecule has 3 rings (SSSR count). The smallest absolute Gasteiger partial charge is 0.272 e. The molecule has 0 saturated heterocycles. The van der Waals surface area contributed by atoms with Crippen LogP contribution >= 0.6 is 11.3 Å². The summed E-state index contributed by atoms with van der Waals surface area (Å²) in [6.45, 7) is 1.72. The van der Waals surface area contributed by atoms with Crippen molar-refractivity contribution in [2.45, 2.75) is 19.6 Å². The third kappa shape index (κ3) is 2.41. The summed E-state index contributed by atoms with van der Waals surface area (Å²) in [5.74, 6) is -0.129. The summed E-state index contributed by atoms with van der Waals surface area (Å²) in [5.41, 5.74) is 2.53. The summed E-state index contributed by atoms with van der Waals surface area (Å²) in [6.07, 6.45) is 0.817. The van der Waals surface area contributed by atoms with Gasteiger partial charge in [-0.3, -0.25) is 9.48 Å². The number of aromatic nitrogens is 2. The fourth-order valence-corrected chi connectivity index (χ4v) is 2.90. The molecule has 2 aromatic heterocycles. The minimum atomic E-state index is -0.129. The minimum absolute atomic E-state index is 0.129. The average Bonchev–Trinajstić information content (AvgIpc) is 3.05. The first kappa shape index (κ1) is 12.4. The van der Waals surface area contributed by atoms with E-state index in [9.17, 15) is 4.79 Å². The summed E-state index contributed by atoms with van der Waals surface area (Å²) in [4.78, 5) is 13.3. The molecule has 0 atom stereocenters. The van der Waals surface area contributed by atoms with E-state index in [1.54, 1.807) is 16.0 Å². The minimum Gasteiger partial charge on any atom is -0.376 e. The van der Waals surface area contributed by atoms with Gasteiger partial charge in [0.05, 0.1) is 19.8 Å². The number of amides is 1. The maximum Gasteiger partial charge on any atom is 0.272 e. The number of aryl methyl sites for hydroxylation is 1. The van der Waals surface area contributed by atoms with E-state index < -0.39 is 0 Å². The van der Waals surface area contributed by atoms with Gasteiger partial charge in [-0.25, -0.2) is 0 Å². The monoisotopic (exact) mass is 277 g/mol. The zero-order chi connectivity index (χ0) is 13.2. The zero-order valence-corrected chi connectivity index (χ0v) is 11.5. The van der Waals surface area contributed by atoms with Gasteiger partial charge in [-0.15, -0.1) is 11.3 Å². The number of rotatable bonds is 3. The van der Waals surface area contributed by atoms with Crippen LogP contribution < -0.4 is 5.32 Å². The number of hydrogen-bond acceptors (Lipinski definition) is 4. The Morgan fingerprint density at radius 1 is 1.63 bits per heavy atom. The van der Waals surface area contributed by atoms with Crippen LogP contribution in [0.1, 0.15) is 26.6 Å². The Morgan fingerprint density at radius 3 is 3.32 bits per heavy atom. The van der Waals surface area contributed by atoms with Crippen LogP contribution in [-0.4, -0.2) is 22.3 Å². The first-order valence-electron chi connectivity index (χ1n) is 6.19. The van der Waals surface area contributed by atoms with E-state index in [2.05, 4.69) is 10.4 Å². The van der Waals surface area contributed by atoms with Gasteiger partial charge < -0.3 is 10.1 Å². The van der Waals surface area contributed by atoms with Gasteiger partial charge in [0, 0.05) is 29.6 Å². The molecular weight excluding hydrogens is 262 g/mol. The van der Waals surface area contributed by atoms with Gasteiger partial charge in [0.1, 0.15) is 0 Å². The molecule has 5 nitrogen and oxygen atoms in total. The molecule has 100 valence electrons. The number of fused-ring (bicyclic) bond motifs is 1. The lowest BCUT2D eigenvalue weighted by Crippen LogP contribution is -2.24. The molecule has 0 aromatic carbocycles. The number of hydrogen-bond donors (Lipinski definition) is 1. The normalized spacial score (nSPS) is 14.2. The zero-order valence-electron chi connectivity index (χ0n) is 10.7. The second kappa shape index (κ2) is 5.14. The van der Waals surface area contributed by atoms with Crippen molar-refractivity contribution in [3.63, 3.8) is 0 Å². The van der Waals surface area contributed by atoms with Crippen molar-refractivity contribution in [3.05, 3.63) is 39.3 Å². The van der Waals surface area contributed by atoms with Gasteiger partial charge in [-0.2, -0.15) is 5.10 Å². The van der Waals surface area contributed by atoms with Crippen LogP contribution in [0, 0.1) is 0 Å². The number of nitrogens with one attached hydrogen (secondary N) is 1. The van der Waals surface area contributed by atoms with Crippen molar-refractivity contribution >= 4 is 17.2 Å². The Bertz CT molecular complexity index is 589. The van der Waals surface area contributed by atoms with Crippen molar-refractivity contribution in [3.8, 4) is 0 Å². The van der Waals surface area contributed by atoms with Crippen LogP contribution in [0.3, 0.4) is 0 Å². The lowest BCUT2D eigenvalue weighted by atomic mass is 10.1. The highest BCUT2D eigenvalue weighted by molar-refractivity contribution is 7.09. The average molecular weight is 277 g/mol. The highest BCUT2D eigenvalue weighted by Crippen LogP contribution is 2.20. The summed E-state index contributed by atoms with van der Waals surface area (Å²) in [6, 6.07) is 3.98. The molecule has 6 heteroatoms. The number of carbonyl (C=O) groups excluding carboxylic acids is 1. The molecule has 0 spiro atoms. The van der Waals surface area contributed by atoms with E-state index in [0.29, 0.717) is 25.5 Å². The van der Waals surface area contributed by atoms with Crippen molar-refractivity contribution < 1.29 is 9.53 Å². The molecule has 2 aromatic rings. The lowest BCUT2D eigenvalue weighted by Gasteiger charge is -2.13. The molecule has 1 amide bonds. The van der Waals surface area contributed by atoms with Gasteiger partial charge >= 0.3 is 0 Å². The standard InChI is InChI=1S/C13H15N3O2S/c1-16-11-4-5-18-8-10(11)12(15-16)13(17)14-7-9-3-2-6-19-9/h2-3,6H,4-5,7-8H2,1H3,(H,14,17). The molecule has 1 aliphatic rings. The lowest BCUT2D eigenvalue weighted by molar-refractivity contribution is 0.0923. The molecule has 0 fully saturated rings. The first-order valence-corrected chi connectivity index (χ1v) is 7.06. The maximum absolute atomic E-state index is 12.2. The summed E-state index contributed by atoms with van der Waals surface area (Å²) in [5, 5.41) is 9.22. The second-order valence-electron chi connectivity index (χ2n) is 4.46. The second-order valence-corrected chi connectivity index (χ2v) is 5.49. The molecule has 0 saturated carbocycles. The third-order valence-corrected chi connectivity index (χ3v) is 4.10. The van der Waals surface area contributed by atoms with Gasteiger partial charge in [0.25, 0.3) is 5.91 Å². The molecule has 19 heavy (non-hydrogen) atoms. The first-order chi connectivity index (χ1) is 9.25. The molecule has 0 bridgehead atoms. The Hall–Kier alpha value is -1.66. The SMILES string of the molecule is Cn1nc(C(=O)NCc2cccs2)c2c1CCOC2. The molecular formula is C13H15N3O2S. The Morgan fingerprint density at radius 2 is 2.53 bits per heavy atom. The molecule has 1 aliphatic heterocycles. The van der Waals surface area contributed by atoms with E-state index in [1.165, 1.54) is 0 Å². The number of ether oxygens (including phenoxy) is 1. The maximum atomic E-state index is 12.2. The van der Waals surface area contributed by atoms with Gasteiger partial charge in [-0.1, -0.05) is 6.07 Å². The molecule has 3 heterocycles. The topological polar surface area (TPSA) is 56.2 Å². The summed E-state index contributed by atoms with van der Waals surface area (Å²) < 4.78 is 7.21. The predicted molar refractivity (Wildman–Crippen MR) is 72.1 cm³/mol. The van der Waals surface area contributed by atoms with Crippen molar-refractivity contribution in [2.24, 2.45) is 7.05 Å². The molecule has 1 N–H and O–H groups in total. The quantitative estimate of drug-likeness (QED) is 0.924. The third-order valence-electron chi connectivity index (χ3n) is 3.22. The van der Waals surface area contributed by atoms with Crippen LogP contribution in [0.4, 0.5) is 0 Å². The van der Waals surface area contributed by atoms with Crippen LogP contribution in [0.2, 0.25) is 0 Å². The Labute approximate surface area is 115 Å². The Kier molecular flexibility index (Phi) is 3.35. The number of thiophene rings is 1. The van der Waals surface area contributed by atoms with E-state index in [4.69, 9.17) is 4.74 Å². The van der Waals surface area contributed by atoms with E-state index >= 15 is 0 Å². The molecule has 0 radical (unpaired) electrons. The summed E-state index contributed by atoms with van der Waals surface area (Å²) >= 11 is 1.63. The van der Waals surface area contributed by atoms with Crippen LogP contribution in [-0.2, 0) is 31.4 Å². The highest BCUT2D eigenvalue weighted by Gasteiger charge is 2.23. The fourth-order valence-electron chi connectivity index (χ4n) is 2.26. The predicted octanol–water partition coefficient (Wildman–Crippen LogP) is 1.48. The van der Waals surface area contributed by atoms with E-state index in [0.717, 1.165) is 22.6 Å². The van der Waals surface area contributed by atoms with Crippen molar-refractivity contribution in [1.29, 1.82) is 0 Å². The van der Waals surface area contributed by atoms with Crippen molar-refractivity contribution in [2.75, 3.05) is 6.61 Å². The van der Waals surface area contributed by atoms with Crippen LogP contribution in [0.15, 0.2) is 17.5 Å².